The fraction of sp³-hybridized carbons (Fsp3) is 0.545. The number of benzene rings is 1. The monoisotopic (exact) mass is 387 g/mol. The van der Waals surface area contributed by atoms with E-state index < -0.39 is 0 Å². The van der Waals surface area contributed by atoms with Crippen LogP contribution in [0, 0.1) is 13.8 Å². The Morgan fingerprint density at radius 2 is 1.75 bits per heavy atom. The third-order valence-corrected chi connectivity index (χ3v) is 4.56. The first-order valence-corrected chi connectivity index (χ1v) is 10.1. The van der Waals surface area contributed by atoms with Crippen LogP contribution in [0.15, 0.2) is 12.1 Å². The van der Waals surface area contributed by atoms with E-state index in [0.717, 1.165) is 34.7 Å². The summed E-state index contributed by atoms with van der Waals surface area (Å²) in [7, 11) is 3.48. The summed E-state index contributed by atoms with van der Waals surface area (Å²) in [5, 5.41) is 3.10. The van der Waals surface area contributed by atoms with Crippen molar-refractivity contribution in [2.75, 3.05) is 32.7 Å². The molecule has 0 fully saturated rings. The lowest BCUT2D eigenvalue weighted by atomic mass is 10.0. The van der Waals surface area contributed by atoms with Gasteiger partial charge in [0.15, 0.2) is 5.82 Å². The fourth-order valence-electron chi connectivity index (χ4n) is 3.05. The van der Waals surface area contributed by atoms with Crippen LogP contribution in [0.4, 0.5) is 5.82 Å². The molecule has 0 bridgehead atoms. The highest BCUT2D eigenvalue weighted by molar-refractivity contribution is 5.73. The number of anilines is 1. The van der Waals surface area contributed by atoms with Crippen LogP contribution in [-0.2, 0) is 0 Å². The fourth-order valence-corrected chi connectivity index (χ4v) is 3.05. The molecule has 154 valence electrons. The lowest BCUT2D eigenvalue weighted by Crippen LogP contribution is -2.07. The van der Waals surface area contributed by atoms with Gasteiger partial charge in [-0.3, -0.25) is 0 Å². The number of nitrogens with zero attached hydrogens (tertiary/aromatic N) is 2. The molecule has 1 N–H and O–H groups in total. The van der Waals surface area contributed by atoms with Gasteiger partial charge in [-0.25, -0.2) is 9.97 Å². The molecule has 0 atom stereocenters. The van der Waals surface area contributed by atoms with Crippen LogP contribution in [0.3, 0.4) is 0 Å². The second kappa shape index (κ2) is 10.7. The van der Waals surface area contributed by atoms with Crippen molar-refractivity contribution in [3.05, 3.63) is 23.4 Å². The SMILES string of the molecule is CCCCCCOc1nc(C)c(-c2cc(C)c(OCC)cc2OC)nc1NC. The molecule has 1 heterocycles. The van der Waals surface area contributed by atoms with Gasteiger partial charge in [0.25, 0.3) is 5.88 Å². The molecule has 0 aliphatic rings. The highest BCUT2D eigenvalue weighted by Crippen LogP contribution is 2.37. The van der Waals surface area contributed by atoms with E-state index in [-0.39, 0.29) is 0 Å². The average Bonchev–Trinajstić information content (AvgIpc) is 2.69. The molecule has 1 aromatic heterocycles. The first kappa shape index (κ1) is 21.8. The van der Waals surface area contributed by atoms with Crippen LogP contribution in [0.2, 0.25) is 0 Å². The van der Waals surface area contributed by atoms with Crippen molar-refractivity contribution < 1.29 is 14.2 Å². The Labute approximate surface area is 168 Å². The summed E-state index contributed by atoms with van der Waals surface area (Å²) in [6, 6.07) is 3.94. The minimum Gasteiger partial charge on any atom is -0.496 e. The van der Waals surface area contributed by atoms with Gasteiger partial charge in [0.1, 0.15) is 11.5 Å². The minimum atomic E-state index is 0.543. The molecular weight excluding hydrogens is 354 g/mol. The van der Waals surface area contributed by atoms with Crippen molar-refractivity contribution in [3.63, 3.8) is 0 Å². The normalized spacial score (nSPS) is 10.6. The Bertz CT molecular complexity index is 778. The second-order valence-electron chi connectivity index (χ2n) is 6.72. The molecule has 6 nitrogen and oxygen atoms in total. The standard InChI is InChI=1S/C22H33N3O3/c1-7-9-10-11-12-28-22-21(23-5)25-20(16(4)24-22)17-13-15(3)18(27-8-2)14-19(17)26-6/h13-14H,7-12H2,1-6H3,(H,23,25). The number of aryl methyl sites for hydroxylation is 2. The number of ether oxygens (including phenoxy) is 3. The quantitative estimate of drug-likeness (QED) is 0.537. The Hall–Kier alpha value is -2.50. The van der Waals surface area contributed by atoms with Gasteiger partial charge in [0.05, 0.1) is 31.7 Å². The van der Waals surface area contributed by atoms with Gasteiger partial charge in [-0.15, -0.1) is 0 Å². The summed E-state index contributed by atoms with van der Waals surface area (Å²) in [5.74, 6) is 2.70. The largest absolute Gasteiger partial charge is 0.496 e. The maximum absolute atomic E-state index is 5.89. The molecule has 28 heavy (non-hydrogen) atoms. The molecule has 0 radical (unpaired) electrons. The van der Waals surface area contributed by atoms with Crippen molar-refractivity contribution in [3.8, 4) is 28.6 Å². The number of hydrogen-bond donors (Lipinski definition) is 1. The lowest BCUT2D eigenvalue weighted by molar-refractivity contribution is 0.294. The number of rotatable bonds is 11. The van der Waals surface area contributed by atoms with Gasteiger partial charge in [0, 0.05) is 18.7 Å². The Kier molecular flexibility index (Phi) is 8.36. The van der Waals surface area contributed by atoms with E-state index in [1.165, 1.54) is 19.3 Å². The van der Waals surface area contributed by atoms with Gasteiger partial charge >= 0.3 is 0 Å². The van der Waals surface area contributed by atoms with Crippen LogP contribution in [0.25, 0.3) is 11.3 Å². The summed E-state index contributed by atoms with van der Waals surface area (Å²) < 4.78 is 17.2. The van der Waals surface area contributed by atoms with Gasteiger partial charge < -0.3 is 19.5 Å². The zero-order chi connectivity index (χ0) is 20.5. The Morgan fingerprint density at radius 3 is 2.39 bits per heavy atom. The number of aromatic nitrogens is 2. The van der Waals surface area contributed by atoms with E-state index in [1.807, 2.05) is 40.0 Å². The number of methoxy groups -OCH3 is 1. The molecule has 1 aromatic carbocycles. The number of hydrogen-bond acceptors (Lipinski definition) is 6. The Balaban J connectivity index is 2.35. The van der Waals surface area contributed by atoms with Crippen LogP contribution in [0.1, 0.15) is 50.8 Å². The van der Waals surface area contributed by atoms with E-state index in [1.54, 1.807) is 7.11 Å². The molecule has 2 rings (SSSR count). The third-order valence-electron chi connectivity index (χ3n) is 4.56. The third kappa shape index (κ3) is 5.27. The Morgan fingerprint density at radius 1 is 0.964 bits per heavy atom. The van der Waals surface area contributed by atoms with Crippen LogP contribution >= 0.6 is 0 Å². The van der Waals surface area contributed by atoms with Gasteiger partial charge in [0.2, 0.25) is 0 Å². The van der Waals surface area contributed by atoms with E-state index in [0.29, 0.717) is 30.7 Å². The molecule has 6 heteroatoms. The van der Waals surface area contributed by atoms with Crippen LogP contribution in [-0.4, -0.2) is 37.3 Å². The van der Waals surface area contributed by atoms with E-state index in [4.69, 9.17) is 19.2 Å². The maximum Gasteiger partial charge on any atom is 0.257 e. The van der Waals surface area contributed by atoms with Crippen molar-refractivity contribution in [1.29, 1.82) is 0 Å². The molecule has 0 spiro atoms. The van der Waals surface area contributed by atoms with Gasteiger partial charge in [-0.05, 0) is 38.8 Å². The molecular formula is C22H33N3O3. The first-order valence-electron chi connectivity index (χ1n) is 10.1. The number of unbranched alkanes of at least 4 members (excludes halogenated alkanes) is 3. The van der Waals surface area contributed by atoms with E-state index >= 15 is 0 Å². The van der Waals surface area contributed by atoms with Crippen molar-refractivity contribution in [2.24, 2.45) is 0 Å². The maximum atomic E-state index is 5.89. The van der Waals surface area contributed by atoms with E-state index in [9.17, 15) is 0 Å². The number of nitrogens with one attached hydrogen (secondary N) is 1. The summed E-state index contributed by atoms with van der Waals surface area (Å²) in [6.07, 6.45) is 4.62. The summed E-state index contributed by atoms with van der Waals surface area (Å²) in [4.78, 5) is 9.45. The highest BCUT2D eigenvalue weighted by atomic mass is 16.5. The molecule has 0 saturated heterocycles. The summed E-state index contributed by atoms with van der Waals surface area (Å²) >= 11 is 0. The highest BCUT2D eigenvalue weighted by Gasteiger charge is 2.18. The predicted molar refractivity (Wildman–Crippen MR) is 114 cm³/mol. The van der Waals surface area contributed by atoms with Crippen LogP contribution < -0.4 is 19.5 Å². The topological polar surface area (TPSA) is 65.5 Å². The molecule has 0 saturated carbocycles. The van der Waals surface area contributed by atoms with Gasteiger partial charge in [-0.2, -0.15) is 0 Å². The average molecular weight is 388 g/mol. The lowest BCUT2D eigenvalue weighted by Gasteiger charge is -2.17. The zero-order valence-corrected chi connectivity index (χ0v) is 18.0. The van der Waals surface area contributed by atoms with Crippen molar-refractivity contribution in [1.82, 2.24) is 9.97 Å². The molecule has 2 aromatic rings. The predicted octanol–water partition coefficient (Wildman–Crippen LogP) is 5.17. The molecule has 0 aliphatic carbocycles. The molecule has 0 aliphatic heterocycles. The minimum absolute atomic E-state index is 0.543. The second-order valence-corrected chi connectivity index (χ2v) is 6.72. The first-order chi connectivity index (χ1) is 13.5. The summed E-state index contributed by atoms with van der Waals surface area (Å²) in [5.41, 5.74) is 3.48. The smallest absolute Gasteiger partial charge is 0.257 e. The van der Waals surface area contributed by atoms with Crippen LogP contribution in [0.5, 0.6) is 17.4 Å². The molecule has 0 unspecified atom stereocenters. The summed E-state index contributed by atoms with van der Waals surface area (Å²) in [6.45, 7) is 9.38. The van der Waals surface area contributed by atoms with Crippen molar-refractivity contribution in [2.45, 2.75) is 53.4 Å². The van der Waals surface area contributed by atoms with Gasteiger partial charge in [-0.1, -0.05) is 26.2 Å². The van der Waals surface area contributed by atoms with E-state index in [2.05, 4.69) is 17.2 Å². The zero-order valence-electron chi connectivity index (χ0n) is 18.0. The van der Waals surface area contributed by atoms with Crippen molar-refractivity contribution >= 4 is 5.82 Å². The molecule has 0 amide bonds.